The number of hydrogen-bond acceptors (Lipinski definition) is 1. The molecule has 0 aliphatic heterocycles. The summed E-state index contributed by atoms with van der Waals surface area (Å²) in [6.07, 6.45) is -4.61. The van der Waals surface area contributed by atoms with E-state index in [1.165, 1.54) is 53.2 Å². The Morgan fingerprint density at radius 2 is 1.66 bits per heavy atom. The third-order valence-corrected chi connectivity index (χ3v) is 4.76. The second-order valence-corrected chi connectivity index (χ2v) is 6.88. The predicted octanol–water partition coefficient (Wildman–Crippen LogP) is 6.70. The van der Waals surface area contributed by atoms with Crippen molar-refractivity contribution in [3.8, 4) is 11.3 Å². The summed E-state index contributed by atoms with van der Waals surface area (Å²) in [4.78, 5) is 0. The Hall–Kier alpha value is -2.93. The molecule has 2 nitrogen and oxygen atoms in total. The lowest BCUT2D eigenvalue weighted by atomic mass is 10.0. The van der Waals surface area contributed by atoms with Gasteiger partial charge < -0.3 is 0 Å². The number of aromatic nitrogens is 2. The molecular weight excluding hydrogens is 411 g/mol. The van der Waals surface area contributed by atoms with Gasteiger partial charge in [-0.3, -0.25) is 4.68 Å². The third kappa shape index (κ3) is 3.70. The minimum atomic E-state index is -4.61. The normalized spacial score (nSPS) is 11.9. The smallest absolute Gasteiger partial charge is 0.259 e. The van der Waals surface area contributed by atoms with Gasteiger partial charge in [-0.25, -0.2) is 8.78 Å². The Bertz CT molecular complexity index is 1200. The first-order chi connectivity index (χ1) is 13.7. The molecule has 4 rings (SSSR count). The maximum atomic E-state index is 14.3. The van der Waals surface area contributed by atoms with Crippen molar-refractivity contribution in [2.24, 2.45) is 0 Å². The van der Waals surface area contributed by atoms with Crippen molar-refractivity contribution in [2.75, 3.05) is 0 Å². The van der Waals surface area contributed by atoms with Crippen LogP contribution in [0, 0.1) is 11.6 Å². The molecule has 0 bridgehead atoms. The molecule has 0 aliphatic carbocycles. The van der Waals surface area contributed by atoms with Crippen molar-refractivity contribution in [3.63, 3.8) is 0 Å². The van der Waals surface area contributed by atoms with Gasteiger partial charge in [0.2, 0.25) is 0 Å². The lowest BCUT2D eigenvalue weighted by molar-refractivity contribution is -0.136. The zero-order valence-corrected chi connectivity index (χ0v) is 15.4. The Kier molecular flexibility index (Phi) is 4.78. The molecule has 1 heterocycles. The summed E-state index contributed by atoms with van der Waals surface area (Å²) >= 11 is 5.77. The van der Waals surface area contributed by atoms with Crippen LogP contribution >= 0.6 is 11.6 Å². The molecule has 29 heavy (non-hydrogen) atoms. The van der Waals surface area contributed by atoms with E-state index in [9.17, 15) is 22.0 Å². The molecule has 3 aromatic carbocycles. The molecule has 148 valence electrons. The second-order valence-electron chi connectivity index (χ2n) is 6.45. The van der Waals surface area contributed by atoms with Gasteiger partial charge in [-0.1, -0.05) is 29.8 Å². The average molecular weight is 423 g/mol. The van der Waals surface area contributed by atoms with Crippen LogP contribution in [-0.2, 0) is 12.7 Å². The van der Waals surface area contributed by atoms with Crippen LogP contribution in [0.5, 0.6) is 0 Å². The molecule has 0 amide bonds. The molecule has 1 aromatic heterocycles. The zero-order chi connectivity index (χ0) is 20.8. The lowest BCUT2D eigenvalue weighted by Gasteiger charge is -2.09. The van der Waals surface area contributed by atoms with E-state index in [0.29, 0.717) is 11.3 Å². The van der Waals surface area contributed by atoms with Crippen LogP contribution in [-0.4, -0.2) is 9.78 Å². The first-order valence-electron chi connectivity index (χ1n) is 8.50. The van der Waals surface area contributed by atoms with E-state index in [1.54, 1.807) is 0 Å². The highest BCUT2D eigenvalue weighted by atomic mass is 35.5. The Morgan fingerprint density at radius 3 is 2.31 bits per heavy atom. The molecule has 0 spiro atoms. The highest BCUT2D eigenvalue weighted by Crippen LogP contribution is 2.38. The van der Waals surface area contributed by atoms with E-state index in [0.717, 1.165) is 12.1 Å². The summed E-state index contributed by atoms with van der Waals surface area (Å²) in [6.45, 7) is -0.123. The van der Waals surface area contributed by atoms with Crippen molar-refractivity contribution in [3.05, 3.63) is 88.4 Å². The summed E-state index contributed by atoms with van der Waals surface area (Å²) in [6, 6.07) is 13.1. The SMILES string of the molecule is Fc1ccc(-c2c3cccc(C(F)(F)F)c3nn2Cc2ccc(Cl)cc2F)cc1. The second kappa shape index (κ2) is 7.15. The monoisotopic (exact) mass is 422 g/mol. The summed E-state index contributed by atoms with van der Waals surface area (Å²) in [7, 11) is 0. The van der Waals surface area contributed by atoms with Gasteiger partial charge in [-0.05, 0) is 42.5 Å². The lowest BCUT2D eigenvalue weighted by Crippen LogP contribution is -2.07. The van der Waals surface area contributed by atoms with E-state index in [2.05, 4.69) is 5.10 Å². The molecule has 0 N–H and O–H groups in total. The number of nitrogens with zero attached hydrogens (tertiary/aromatic N) is 2. The molecule has 0 unspecified atom stereocenters. The van der Waals surface area contributed by atoms with Gasteiger partial charge >= 0.3 is 6.18 Å². The van der Waals surface area contributed by atoms with Gasteiger partial charge in [0.05, 0.1) is 17.8 Å². The number of halogens is 6. The standard InChI is InChI=1S/C21H12ClF5N2/c22-14-7-4-13(18(24)10-14)11-29-20(12-5-8-15(23)9-6-12)16-2-1-3-17(19(16)28-29)21(25,26)27/h1-10H,11H2. The van der Waals surface area contributed by atoms with E-state index in [-0.39, 0.29) is 28.0 Å². The van der Waals surface area contributed by atoms with Crippen LogP contribution in [0.2, 0.25) is 5.02 Å². The molecule has 0 aliphatic rings. The average Bonchev–Trinajstić information content (AvgIpc) is 3.02. The van der Waals surface area contributed by atoms with Crippen LogP contribution in [0.15, 0.2) is 60.7 Å². The van der Waals surface area contributed by atoms with Gasteiger partial charge in [0.25, 0.3) is 0 Å². The molecule has 0 saturated heterocycles. The largest absolute Gasteiger partial charge is 0.418 e. The quantitative estimate of drug-likeness (QED) is 0.336. The molecule has 0 saturated carbocycles. The predicted molar refractivity (Wildman–Crippen MR) is 101 cm³/mol. The molecular formula is C21H12ClF5N2. The van der Waals surface area contributed by atoms with Gasteiger partial charge in [-0.2, -0.15) is 18.3 Å². The van der Waals surface area contributed by atoms with Crippen LogP contribution in [0.4, 0.5) is 22.0 Å². The van der Waals surface area contributed by atoms with Crippen LogP contribution in [0.1, 0.15) is 11.1 Å². The number of fused-ring (bicyclic) bond motifs is 1. The minimum Gasteiger partial charge on any atom is -0.259 e. The first kappa shape index (κ1) is 19.4. The Balaban J connectivity index is 1.96. The Labute approximate surface area is 167 Å². The molecule has 4 aromatic rings. The van der Waals surface area contributed by atoms with Gasteiger partial charge in [0.15, 0.2) is 0 Å². The van der Waals surface area contributed by atoms with Gasteiger partial charge in [-0.15, -0.1) is 0 Å². The van der Waals surface area contributed by atoms with E-state index >= 15 is 0 Å². The van der Waals surface area contributed by atoms with Crippen LogP contribution in [0.25, 0.3) is 22.2 Å². The fourth-order valence-corrected chi connectivity index (χ4v) is 3.38. The summed E-state index contributed by atoms with van der Waals surface area (Å²) in [5.41, 5.74) is -0.149. The van der Waals surface area contributed by atoms with Crippen LogP contribution in [0.3, 0.4) is 0 Å². The number of rotatable bonds is 3. The molecule has 0 radical (unpaired) electrons. The topological polar surface area (TPSA) is 17.8 Å². The maximum absolute atomic E-state index is 14.3. The van der Waals surface area contributed by atoms with E-state index < -0.39 is 23.4 Å². The van der Waals surface area contributed by atoms with Crippen LogP contribution < -0.4 is 0 Å². The summed E-state index contributed by atoms with van der Waals surface area (Å²) < 4.78 is 69.4. The fraction of sp³-hybridized carbons (Fsp3) is 0.0952. The van der Waals surface area contributed by atoms with Crippen molar-refractivity contribution < 1.29 is 22.0 Å². The molecule has 0 atom stereocenters. The van der Waals surface area contributed by atoms with Gasteiger partial charge in [0.1, 0.15) is 17.2 Å². The van der Waals surface area contributed by atoms with Crippen molar-refractivity contribution in [2.45, 2.75) is 12.7 Å². The highest BCUT2D eigenvalue weighted by molar-refractivity contribution is 6.30. The number of hydrogen-bond donors (Lipinski definition) is 0. The van der Waals surface area contributed by atoms with Crippen molar-refractivity contribution >= 4 is 22.5 Å². The number of alkyl halides is 3. The maximum Gasteiger partial charge on any atom is 0.418 e. The minimum absolute atomic E-state index is 0.123. The van der Waals surface area contributed by atoms with Crippen molar-refractivity contribution in [1.82, 2.24) is 9.78 Å². The first-order valence-corrected chi connectivity index (χ1v) is 8.88. The third-order valence-electron chi connectivity index (χ3n) is 4.53. The zero-order valence-electron chi connectivity index (χ0n) is 14.6. The molecule has 8 heteroatoms. The highest BCUT2D eigenvalue weighted by Gasteiger charge is 2.34. The number of benzene rings is 3. The fourth-order valence-electron chi connectivity index (χ4n) is 3.22. The summed E-state index contributed by atoms with van der Waals surface area (Å²) in [5.74, 6) is -1.08. The molecule has 0 fully saturated rings. The van der Waals surface area contributed by atoms with E-state index in [1.807, 2.05) is 0 Å². The Morgan fingerprint density at radius 1 is 0.931 bits per heavy atom. The van der Waals surface area contributed by atoms with Gasteiger partial charge in [0, 0.05) is 21.5 Å². The van der Waals surface area contributed by atoms with E-state index in [4.69, 9.17) is 11.6 Å². The summed E-state index contributed by atoms with van der Waals surface area (Å²) in [5, 5.41) is 4.58. The van der Waals surface area contributed by atoms with Crippen molar-refractivity contribution in [1.29, 1.82) is 0 Å².